The maximum Gasteiger partial charge on any atom is 0.123 e. The quantitative estimate of drug-likeness (QED) is 0.735. The molecule has 0 fully saturated rings. The van der Waals surface area contributed by atoms with Crippen LogP contribution in [0.25, 0.3) is 0 Å². The maximum absolute atomic E-state index is 8.75. The Morgan fingerprint density at radius 3 is 2.87 bits per heavy atom. The topological polar surface area (TPSA) is 33.0 Å². The van der Waals surface area contributed by atoms with E-state index >= 15 is 0 Å². The molecule has 0 aromatic heterocycles. The van der Waals surface area contributed by atoms with Gasteiger partial charge in [-0.1, -0.05) is 13.0 Å². The van der Waals surface area contributed by atoms with Crippen LogP contribution in [0.15, 0.2) is 18.2 Å². The first-order chi connectivity index (χ1) is 7.17. The lowest BCUT2D eigenvalue weighted by Gasteiger charge is -2.12. The summed E-state index contributed by atoms with van der Waals surface area (Å²) in [5, 5.41) is 8.75. The third kappa shape index (κ3) is 3.45. The first-order valence-electron chi connectivity index (χ1n) is 4.87. The summed E-state index contributed by atoms with van der Waals surface area (Å²) in [6.45, 7) is 4.57. The number of nitriles is 1. The molecule has 0 N–H and O–H groups in total. The van der Waals surface area contributed by atoms with Crippen LogP contribution >= 0.6 is 11.6 Å². The van der Waals surface area contributed by atoms with Crippen LogP contribution in [-0.2, 0) is 0 Å². The molecular weight excluding hydrogens is 210 g/mol. The molecule has 1 aromatic rings. The van der Waals surface area contributed by atoms with E-state index in [0.29, 0.717) is 24.0 Å². The van der Waals surface area contributed by atoms with Gasteiger partial charge in [0.1, 0.15) is 5.75 Å². The second-order valence-electron chi connectivity index (χ2n) is 3.66. The van der Waals surface area contributed by atoms with E-state index in [1.54, 1.807) is 12.1 Å². The molecule has 0 aliphatic heterocycles. The number of halogens is 1. The molecule has 1 unspecified atom stereocenters. The Morgan fingerprint density at radius 1 is 1.53 bits per heavy atom. The number of nitrogens with zero attached hydrogens (tertiary/aromatic N) is 1. The number of rotatable bonds is 4. The summed E-state index contributed by atoms with van der Waals surface area (Å²) >= 11 is 5.68. The Labute approximate surface area is 95.4 Å². The first kappa shape index (κ1) is 11.9. The second-order valence-corrected chi connectivity index (χ2v) is 3.97. The summed E-state index contributed by atoms with van der Waals surface area (Å²) in [5.41, 5.74) is 1.66. The molecule has 1 rings (SSSR count). The molecule has 0 saturated heterocycles. The minimum Gasteiger partial charge on any atom is -0.493 e. The van der Waals surface area contributed by atoms with E-state index in [1.165, 1.54) is 0 Å². The number of aryl methyl sites for hydroxylation is 1. The number of hydrogen-bond acceptors (Lipinski definition) is 2. The van der Waals surface area contributed by atoms with E-state index < -0.39 is 0 Å². The SMILES string of the molecule is Cc1ccc(C#N)cc1OCC(C)CCl. The van der Waals surface area contributed by atoms with E-state index in [4.69, 9.17) is 21.6 Å². The minimum atomic E-state index is 0.316. The molecule has 0 bridgehead atoms. The largest absolute Gasteiger partial charge is 0.493 e. The van der Waals surface area contributed by atoms with E-state index in [0.717, 1.165) is 11.3 Å². The van der Waals surface area contributed by atoms with Gasteiger partial charge in [-0.15, -0.1) is 11.6 Å². The minimum absolute atomic E-state index is 0.316. The number of ether oxygens (including phenoxy) is 1. The van der Waals surface area contributed by atoms with Crippen LogP contribution in [0.2, 0.25) is 0 Å². The predicted octanol–water partition coefficient (Wildman–Crippen LogP) is 3.12. The Morgan fingerprint density at radius 2 is 2.27 bits per heavy atom. The van der Waals surface area contributed by atoms with Crippen molar-refractivity contribution in [2.45, 2.75) is 13.8 Å². The van der Waals surface area contributed by atoms with Gasteiger partial charge in [0.2, 0.25) is 0 Å². The van der Waals surface area contributed by atoms with Gasteiger partial charge in [0.25, 0.3) is 0 Å². The molecule has 80 valence electrons. The van der Waals surface area contributed by atoms with Crippen LogP contribution in [0.4, 0.5) is 0 Å². The Bertz CT molecular complexity index is 370. The standard InChI is InChI=1S/C12H14ClNO/c1-9(6-13)8-15-12-5-11(7-14)4-3-10(12)2/h3-5,9H,6,8H2,1-2H3. The van der Waals surface area contributed by atoms with Crippen molar-refractivity contribution in [1.29, 1.82) is 5.26 Å². The number of hydrogen-bond donors (Lipinski definition) is 0. The highest BCUT2D eigenvalue weighted by Crippen LogP contribution is 2.19. The summed E-state index contributed by atoms with van der Waals surface area (Å²) < 4.78 is 5.60. The summed E-state index contributed by atoms with van der Waals surface area (Å²) in [7, 11) is 0. The van der Waals surface area contributed by atoms with Gasteiger partial charge in [0.15, 0.2) is 0 Å². The number of benzene rings is 1. The zero-order valence-electron chi connectivity index (χ0n) is 8.96. The smallest absolute Gasteiger partial charge is 0.123 e. The Balaban J connectivity index is 2.72. The molecule has 0 spiro atoms. The van der Waals surface area contributed by atoms with Crippen LogP contribution in [0, 0.1) is 24.2 Å². The maximum atomic E-state index is 8.75. The van der Waals surface area contributed by atoms with Crippen LogP contribution in [-0.4, -0.2) is 12.5 Å². The molecule has 0 saturated carbocycles. The van der Waals surface area contributed by atoms with Crippen molar-refractivity contribution < 1.29 is 4.74 Å². The van der Waals surface area contributed by atoms with Gasteiger partial charge >= 0.3 is 0 Å². The van der Waals surface area contributed by atoms with Crippen molar-refractivity contribution in [3.05, 3.63) is 29.3 Å². The summed E-state index contributed by atoms with van der Waals surface area (Å²) in [5.74, 6) is 1.67. The van der Waals surface area contributed by atoms with Gasteiger partial charge in [-0.2, -0.15) is 5.26 Å². The van der Waals surface area contributed by atoms with Gasteiger partial charge in [-0.25, -0.2) is 0 Å². The van der Waals surface area contributed by atoms with Crippen LogP contribution < -0.4 is 4.74 Å². The van der Waals surface area contributed by atoms with Crippen molar-refractivity contribution in [3.63, 3.8) is 0 Å². The highest BCUT2D eigenvalue weighted by atomic mass is 35.5. The molecule has 15 heavy (non-hydrogen) atoms. The van der Waals surface area contributed by atoms with E-state index in [1.807, 2.05) is 19.9 Å². The lowest BCUT2D eigenvalue weighted by molar-refractivity contribution is 0.271. The van der Waals surface area contributed by atoms with E-state index in [-0.39, 0.29) is 0 Å². The number of alkyl halides is 1. The fourth-order valence-corrected chi connectivity index (χ4v) is 1.19. The van der Waals surface area contributed by atoms with Crippen molar-refractivity contribution in [3.8, 4) is 11.8 Å². The van der Waals surface area contributed by atoms with Gasteiger partial charge < -0.3 is 4.74 Å². The zero-order chi connectivity index (χ0) is 11.3. The monoisotopic (exact) mass is 223 g/mol. The van der Waals surface area contributed by atoms with Crippen LogP contribution in [0.1, 0.15) is 18.1 Å². The lowest BCUT2D eigenvalue weighted by atomic mass is 10.1. The molecule has 0 amide bonds. The van der Waals surface area contributed by atoms with Crippen molar-refractivity contribution >= 4 is 11.6 Å². The normalized spacial score (nSPS) is 11.9. The van der Waals surface area contributed by atoms with E-state index in [9.17, 15) is 0 Å². The molecule has 0 radical (unpaired) electrons. The van der Waals surface area contributed by atoms with Gasteiger partial charge in [0, 0.05) is 11.8 Å². The molecular formula is C12H14ClNO. The van der Waals surface area contributed by atoms with Crippen LogP contribution in [0.3, 0.4) is 0 Å². The predicted molar refractivity (Wildman–Crippen MR) is 61.3 cm³/mol. The summed E-state index contributed by atoms with van der Waals surface area (Å²) in [6, 6.07) is 7.52. The average Bonchev–Trinajstić information content (AvgIpc) is 2.27. The van der Waals surface area contributed by atoms with Crippen molar-refractivity contribution in [1.82, 2.24) is 0 Å². The zero-order valence-corrected chi connectivity index (χ0v) is 9.71. The molecule has 2 nitrogen and oxygen atoms in total. The van der Waals surface area contributed by atoms with Gasteiger partial charge in [-0.3, -0.25) is 0 Å². The molecule has 1 atom stereocenters. The molecule has 3 heteroatoms. The van der Waals surface area contributed by atoms with Crippen molar-refractivity contribution in [2.75, 3.05) is 12.5 Å². The second kappa shape index (κ2) is 5.63. The third-order valence-electron chi connectivity index (χ3n) is 2.10. The van der Waals surface area contributed by atoms with Crippen molar-refractivity contribution in [2.24, 2.45) is 5.92 Å². The summed E-state index contributed by atoms with van der Waals surface area (Å²) in [4.78, 5) is 0. The van der Waals surface area contributed by atoms with E-state index in [2.05, 4.69) is 6.07 Å². The molecule has 0 heterocycles. The lowest BCUT2D eigenvalue weighted by Crippen LogP contribution is -2.10. The highest BCUT2D eigenvalue weighted by Gasteiger charge is 2.04. The molecule has 0 aliphatic rings. The summed E-state index contributed by atoms with van der Waals surface area (Å²) in [6.07, 6.45) is 0. The van der Waals surface area contributed by atoms with Gasteiger partial charge in [-0.05, 0) is 24.6 Å². The average molecular weight is 224 g/mol. The Kier molecular flexibility index (Phi) is 4.45. The molecule has 0 aliphatic carbocycles. The third-order valence-corrected chi connectivity index (χ3v) is 2.63. The fourth-order valence-electron chi connectivity index (χ4n) is 1.10. The highest BCUT2D eigenvalue weighted by molar-refractivity contribution is 6.18. The Hall–Kier alpha value is -1.20. The van der Waals surface area contributed by atoms with Crippen LogP contribution in [0.5, 0.6) is 5.75 Å². The first-order valence-corrected chi connectivity index (χ1v) is 5.40. The fraction of sp³-hybridized carbons (Fsp3) is 0.417. The van der Waals surface area contributed by atoms with Gasteiger partial charge in [0.05, 0.1) is 18.2 Å². The molecule has 1 aromatic carbocycles.